The zero-order valence-corrected chi connectivity index (χ0v) is 11.1. The van der Waals surface area contributed by atoms with Crippen LogP contribution in [-0.4, -0.2) is 17.8 Å². The molecule has 0 saturated heterocycles. The average molecular weight is 275 g/mol. The highest BCUT2D eigenvalue weighted by atomic mass is 19.1. The summed E-state index contributed by atoms with van der Waals surface area (Å²) >= 11 is 0. The number of ether oxygens (including phenoxy) is 1. The van der Waals surface area contributed by atoms with Crippen LogP contribution in [0.4, 0.5) is 4.39 Å². The Labute approximate surface area is 117 Å². The fourth-order valence-electron chi connectivity index (χ4n) is 1.89. The van der Waals surface area contributed by atoms with Gasteiger partial charge in [0.2, 0.25) is 0 Å². The molecule has 0 aliphatic carbocycles. The Bertz CT molecular complexity index is 545. The van der Waals surface area contributed by atoms with E-state index >= 15 is 0 Å². The number of aliphatic hydroxyl groups excluding tert-OH is 1. The monoisotopic (exact) mass is 275 g/mol. The second-order valence-electron chi connectivity index (χ2n) is 4.69. The predicted octanol–water partition coefficient (Wildman–Crippen LogP) is 2.27. The lowest BCUT2D eigenvalue weighted by molar-refractivity contribution is 0.265. The lowest BCUT2D eigenvalue weighted by Crippen LogP contribution is -2.26. The quantitative estimate of drug-likeness (QED) is 0.850. The highest BCUT2D eigenvalue weighted by Crippen LogP contribution is 2.20. The molecule has 3 nitrogen and oxygen atoms in total. The first-order valence-electron chi connectivity index (χ1n) is 6.50. The van der Waals surface area contributed by atoms with E-state index in [-0.39, 0.29) is 18.4 Å². The number of benzene rings is 2. The normalized spacial score (nSPS) is 12.2. The molecule has 0 aliphatic heterocycles. The Morgan fingerprint density at radius 2 is 1.85 bits per heavy atom. The van der Waals surface area contributed by atoms with Crippen LogP contribution in [0.25, 0.3) is 0 Å². The third kappa shape index (κ3) is 4.05. The molecule has 0 radical (unpaired) electrons. The van der Waals surface area contributed by atoms with Crippen LogP contribution in [0.1, 0.15) is 11.1 Å². The molecular formula is C16H18FNO2. The second-order valence-corrected chi connectivity index (χ2v) is 4.69. The fraction of sp³-hybridized carbons (Fsp3) is 0.250. The van der Waals surface area contributed by atoms with E-state index in [1.165, 1.54) is 6.07 Å². The van der Waals surface area contributed by atoms with Gasteiger partial charge in [0.15, 0.2) is 11.6 Å². The number of nitrogens with two attached hydrogens (primary N) is 1. The van der Waals surface area contributed by atoms with Gasteiger partial charge in [-0.2, -0.15) is 0 Å². The molecule has 1 atom stereocenters. The average Bonchev–Trinajstić information content (AvgIpc) is 2.47. The molecule has 2 rings (SSSR count). The van der Waals surface area contributed by atoms with Crippen LogP contribution in [0.15, 0.2) is 48.5 Å². The molecule has 0 bridgehead atoms. The van der Waals surface area contributed by atoms with Crippen molar-refractivity contribution in [1.29, 1.82) is 0 Å². The van der Waals surface area contributed by atoms with Crippen molar-refractivity contribution in [3.05, 3.63) is 65.5 Å². The summed E-state index contributed by atoms with van der Waals surface area (Å²) in [5, 5.41) is 8.89. The Kier molecular flexibility index (Phi) is 5.09. The van der Waals surface area contributed by atoms with Gasteiger partial charge in [-0.15, -0.1) is 0 Å². The number of rotatable bonds is 6. The predicted molar refractivity (Wildman–Crippen MR) is 75.9 cm³/mol. The molecular weight excluding hydrogens is 257 g/mol. The third-order valence-corrected chi connectivity index (χ3v) is 2.97. The fourth-order valence-corrected chi connectivity index (χ4v) is 1.89. The molecule has 0 amide bonds. The largest absolute Gasteiger partial charge is 0.486 e. The summed E-state index contributed by atoms with van der Waals surface area (Å²) in [4.78, 5) is 0. The van der Waals surface area contributed by atoms with Gasteiger partial charge >= 0.3 is 0 Å². The standard InChI is InChI=1S/C16H18FNO2/c17-15-9-13(8-14(18)10-19)6-7-16(15)20-11-12-4-2-1-3-5-12/h1-7,9,14,19H,8,10-11,18H2. The first kappa shape index (κ1) is 14.5. The van der Waals surface area contributed by atoms with Crippen LogP contribution in [0.3, 0.4) is 0 Å². The number of hydrogen-bond acceptors (Lipinski definition) is 3. The Morgan fingerprint density at radius 1 is 1.10 bits per heavy atom. The van der Waals surface area contributed by atoms with Gasteiger partial charge < -0.3 is 15.6 Å². The third-order valence-electron chi connectivity index (χ3n) is 2.97. The number of hydrogen-bond donors (Lipinski definition) is 2. The summed E-state index contributed by atoms with van der Waals surface area (Å²) in [5.74, 6) is -0.196. The van der Waals surface area contributed by atoms with E-state index in [0.29, 0.717) is 13.0 Å². The van der Waals surface area contributed by atoms with Crippen molar-refractivity contribution in [2.24, 2.45) is 5.73 Å². The maximum atomic E-state index is 13.9. The molecule has 2 aromatic carbocycles. The van der Waals surface area contributed by atoms with E-state index in [1.54, 1.807) is 12.1 Å². The highest BCUT2D eigenvalue weighted by Gasteiger charge is 2.08. The SMILES string of the molecule is NC(CO)Cc1ccc(OCc2ccccc2)c(F)c1. The first-order valence-corrected chi connectivity index (χ1v) is 6.50. The van der Waals surface area contributed by atoms with Gasteiger partial charge in [0.1, 0.15) is 6.61 Å². The van der Waals surface area contributed by atoms with Crippen LogP contribution in [-0.2, 0) is 13.0 Å². The molecule has 0 saturated carbocycles. The summed E-state index contributed by atoms with van der Waals surface area (Å²) in [6.07, 6.45) is 0.437. The van der Waals surface area contributed by atoms with Gasteiger partial charge in [0, 0.05) is 6.04 Å². The Morgan fingerprint density at radius 3 is 2.50 bits per heavy atom. The topological polar surface area (TPSA) is 55.5 Å². The van der Waals surface area contributed by atoms with Crippen molar-refractivity contribution in [1.82, 2.24) is 0 Å². The molecule has 3 N–H and O–H groups in total. The van der Waals surface area contributed by atoms with Crippen LogP contribution >= 0.6 is 0 Å². The van der Waals surface area contributed by atoms with Crippen molar-refractivity contribution in [3.8, 4) is 5.75 Å². The molecule has 106 valence electrons. The minimum absolute atomic E-state index is 0.117. The summed E-state index contributed by atoms with van der Waals surface area (Å²) in [7, 11) is 0. The maximum absolute atomic E-state index is 13.9. The summed E-state index contributed by atoms with van der Waals surface area (Å²) in [6, 6.07) is 14.0. The van der Waals surface area contributed by atoms with E-state index in [4.69, 9.17) is 15.6 Å². The van der Waals surface area contributed by atoms with Gasteiger partial charge in [0.25, 0.3) is 0 Å². The maximum Gasteiger partial charge on any atom is 0.165 e. The highest BCUT2D eigenvalue weighted by molar-refractivity contribution is 5.30. The van der Waals surface area contributed by atoms with Crippen LogP contribution in [0.2, 0.25) is 0 Å². The lowest BCUT2D eigenvalue weighted by Gasteiger charge is -2.11. The second kappa shape index (κ2) is 7.03. The zero-order chi connectivity index (χ0) is 14.4. The molecule has 0 aromatic heterocycles. The van der Waals surface area contributed by atoms with Gasteiger partial charge in [-0.1, -0.05) is 36.4 Å². The lowest BCUT2D eigenvalue weighted by atomic mass is 10.1. The van der Waals surface area contributed by atoms with Crippen LogP contribution < -0.4 is 10.5 Å². The van der Waals surface area contributed by atoms with E-state index in [0.717, 1.165) is 11.1 Å². The molecule has 20 heavy (non-hydrogen) atoms. The smallest absolute Gasteiger partial charge is 0.165 e. The molecule has 0 aliphatic rings. The van der Waals surface area contributed by atoms with Gasteiger partial charge in [-0.25, -0.2) is 4.39 Å². The van der Waals surface area contributed by atoms with Crippen molar-refractivity contribution in [3.63, 3.8) is 0 Å². The van der Waals surface area contributed by atoms with Crippen molar-refractivity contribution < 1.29 is 14.2 Å². The number of aliphatic hydroxyl groups is 1. The molecule has 0 fully saturated rings. The Balaban J connectivity index is 1.99. The molecule has 0 spiro atoms. The van der Waals surface area contributed by atoms with Gasteiger partial charge in [-0.05, 0) is 29.7 Å². The molecule has 4 heteroatoms. The van der Waals surface area contributed by atoms with Gasteiger partial charge in [-0.3, -0.25) is 0 Å². The van der Waals surface area contributed by atoms with E-state index in [1.807, 2.05) is 30.3 Å². The van der Waals surface area contributed by atoms with Crippen molar-refractivity contribution >= 4 is 0 Å². The van der Waals surface area contributed by atoms with Crippen LogP contribution in [0.5, 0.6) is 5.75 Å². The zero-order valence-electron chi connectivity index (χ0n) is 11.1. The van der Waals surface area contributed by atoms with Crippen LogP contribution in [0, 0.1) is 5.82 Å². The van der Waals surface area contributed by atoms with Gasteiger partial charge in [0.05, 0.1) is 6.61 Å². The van der Waals surface area contributed by atoms with Crippen molar-refractivity contribution in [2.45, 2.75) is 19.1 Å². The number of halogens is 1. The van der Waals surface area contributed by atoms with E-state index in [9.17, 15) is 4.39 Å². The van der Waals surface area contributed by atoms with Crippen molar-refractivity contribution in [2.75, 3.05) is 6.61 Å². The first-order chi connectivity index (χ1) is 9.69. The molecule has 0 heterocycles. The summed E-state index contributed by atoms with van der Waals surface area (Å²) < 4.78 is 19.3. The minimum atomic E-state index is -0.413. The summed E-state index contributed by atoms with van der Waals surface area (Å²) in [6.45, 7) is 0.209. The molecule has 1 unspecified atom stereocenters. The van der Waals surface area contributed by atoms with E-state index in [2.05, 4.69) is 0 Å². The minimum Gasteiger partial charge on any atom is -0.486 e. The Hall–Kier alpha value is -1.91. The summed E-state index contributed by atoms with van der Waals surface area (Å²) in [5.41, 5.74) is 7.36. The van der Waals surface area contributed by atoms with E-state index < -0.39 is 5.82 Å². The molecule has 2 aromatic rings.